The third-order valence-corrected chi connectivity index (χ3v) is 5.18. The van der Waals surface area contributed by atoms with Crippen LogP contribution in [0, 0.1) is 29.4 Å². The zero-order valence-corrected chi connectivity index (χ0v) is 15.0. The number of carbonyl (C=O) groups excluding carboxylic acids is 2. The van der Waals surface area contributed by atoms with Gasteiger partial charge in [0.2, 0.25) is 6.29 Å². The minimum Gasteiger partial charge on any atom is -0.466 e. The van der Waals surface area contributed by atoms with Gasteiger partial charge in [-0.1, -0.05) is 13.0 Å². The Labute approximate surface area is 155 Å². The van der Waals surface area contributed by atoms with E-state index >= 15 is 0 Å². The van der Waals surface area contributed by atoms with E-state index in [-0.39, 0.29) is 29.9 Å². The number of benzene rings is 1. The number of amides is 1. The third kappa shape index (κ3) is 4.04. The van der Waals surface area contributed by atoms with Crippen molar-refractivity contribution in [1.82, 2.24) is 5.32 Å². The van der Waals surface area contributed by atoms with Crippen LogP contribution in [0.5, 0.6) is 0 Å². The number of nitrogens with one attached hydrogen (secondary N) is 1. The van der Waals surface area contributed by atoms with Crippen molar-refractivity contribution in [1.29, 1.82) is 0 Å². The molecule has 1 aliphatic heterocycles. The molecular weight excluding hydrogens is 360 g/mol. The van der Waals surface area contributed by atoms with Gasteiger partial charge >= 0.3 is 12.1 Å². The van der Waals surface area contributed by atoms with Crippen LogP contribution in [-0.4, -0.2) is 25.5 Å². The van der Waals surface area contributed by atoms with Crippen LogP contribution < -0.4 is 5.32 Å². The number of rotatable bonds is 4. The molecule has 4 atom stereocenters. The first-order valence-electron chi connectivity index (χ1n) is 8.73. The van der Waals surface area contributed by atoms with Crippen molar-refractivity contribution in [2.75, 3.05) is 7.11 Å². The van der Waals surface area contributed by atoms with E-state index in [1.807, 2.05) is 6.92 Å². The lowest BCUT2D eigenvalue weighted by Gasteiger charge is -2.34. The Balaban J connectivity index is 1.63. The second-order valence-corrected chi connectivity index (χ2v) is 6.80. The first kappa shape index (κ1) is 19.1. The molecule has 1 aromatic carbocycles. The summed E-state index contributed by atoms with van der Waals surface area (Å²) in [5, 5.41) is 2.43. The first-order chi connectivity index (χ1) is 12.9. The molecule has 1 amide bonds. The summed E-state index contributed by atoms with van der Waals surface area (Å²) in [7, 11) is 1.31. The van der Waals surface area contributed by atoms with E-state index in [0.29, 0.717) is 5.57 Å². The number of hydrogen-bond acceptors (Lipinski definition) is 5. The van der Waals surface area contributed by atoms with Gasteiger partial charge < -0.3 is 19.5 Å². The molecule has 1 fully saturated rings. The number of esters is 1. The maximum absolute atomic E-state index is 13.6. The summed E-state index contributed by atoms with van der Waals surface area (Å²) < 4.78 is 42.2. The van der Waals surface area contributed by atoms with Gasteiger partial charge in [-0.2, -0.15) is 0 Å². The average molecular weight is 381 g/mol. The van der Waals surface area contributed by atoms with Crippen LogP contribution in [0.1, 0.15) is 25.3 Å². The Bertz CT molecular complexity index is 766. The Hall–Kier alpha value is -2.64. The van der Waals surface area contributed by atoms with Crippen molar-refractivity contribution >= 4 is 12.1 Å². The predicted octanol–water partition coefficient (Wildman–Crippen LogP) is 3.27. The Morgan fingerprint density at radius 3 is 2.78 bits per heavy atom. The molecule has 0 radical (unpaired) electrons. The predicted molar refractivity (Wildman–Crippen MR) is 90.0 cm³/mol. The number of ether oxygens (including phenoxy) is 3. The van der Waals surface area contributed by atoms with Gasteiger partial charge in [0.15, 0.2) is 0 Å². The minimum absolute atomic E-state index is 0.103. The van der Waals surface area contributed by atoms with Crippen molar-refractivity contribution in [3.8, 4) is 0 Å². The van der Waals surface area contributed by atoms with Crippen LogP contribution in [0.4, 0.5) is 13.6 Å². The SMILES string of the molecule is COC(=O)C1=COC(OC(=O)NCc2ccc(F)cc2F)C2C(C)CCC12. The molecule has 27 heavy (non-hydrogen) atoms. The van der Waals surface area contributed by atoms with Crippen molar-refractivity contribution in [2.24, 2.45) is 17.8 Å². The van der Waals surface area contributed by atoms with Crippen molar-refractivity contribution < 1.29 is 32.6 Å². The molecule has 0 bridgehead atoms. The highest BCUT2D eigenvalue weighted by Crippen LogP contribution is 2.46. The van der Waals surface area contributed by atoms with Gasteiger partial charge in [0, 0.05) is 30.0 Å². The zero-order valence-electron chi connectivity index (χ0n) is 15.0. The van der Waals surface area contributed by atoms with E-state index in [0.717, 1.165) is 25.0 Å². The van der Waals surface area contributed by atoms with Crippen LogP contribution in [0.3, 0.4) is 0 Å². The lowest BCUT2D eigenvalue weighted by atomic mass is 9.83. The van der Waals surface area contributed by atoms with Crippen molar-refractivity contribution in [3.05, 3.63) is 47.2 Å². The maximum Gasteiger partial charge on any atom is 0.410 e. The Kier molecular flexibility index (Phi) is 5.62. The first-order valence-corrected chi connectivity index (χ1v) is 8.73. The van der Waals surface area contributed by atoms with Crippen molar-refractivity contribution in [3.63, 3.8) is 0 Å². The van der Waals surface area contributed by atoms with Crippen LogP contribution in [0.15, 0.2) is 30.0 Å². The van der Waals surface area contributed by atoms with Gasteiger partial charge in [-0.05, 0) is 24.8 Å². The van der Waals surface area contributed by atoms with Crippen LogP contribution >= 0.6 is 0 Å². The van der Waals surface area contributed by atoms with Crippen molar-refractivity contribution in [2.45, 2.75) is 32.6 Å². The van der Waals surface area contributed by atoms with E-state index < -0.39 is 30.0 Å². The Morgan fingerprint density at radius 2 is 2.07 bits per heavy atom. The molecule has 146 valence electrons. The molecule has 1 heterocycles. The second kappa shape index (κ2) is 7.94. The number of fused-ring (bicyclic) bond motifs is 1. The number of alkyl carbamates (subject to hydrolysis) is 1. The van der Waals surface area contributed by atoms with Crippen LogP contribution in [0.2, 0.25) is 0 Å². The molecule has 0 aromatic heterocycles. The zero-order chi connectivity index (χ0) is 19.6. The Morgan fingerprint density at radius 1 is 1.30 bits per heavy atom. The van der Waals surface area contributed by atoms with E-state index in [1.165, 1.54) is 19.4 Å². The van der Waals surface area contributed by atoms with Gasteiger partial charge in [0.25, 0.3) is 0 Å². The molecule has 6 nitrogen and oxygen atoms in total. The van der Waals surface area contributed by atoms with Gasteiger partial charge in [0.1, 0.15) is 11.6 Å². The number of methoxy groups -OCH3 is 1. The second-order valence-electron chi connectivity index (χ2n) is 6.80. The van der Waals surface area contributed by atoms with Gasteiger partial charge in [-0.3, -0.25) is 0 Å². The quantitative estimate of drug-likeness (QED) is 0.811. The molecule has 3 rings (SSSR count). The van der Waals surface area contributed by atoms with E-state index in [1.54, 1.807) is 0 Å². The number of carbonyl (C=O) groups is 2. The molecule has 2 aliphatic rings. The summed E-state index contributed by atoms with van der Waals surface area (Å²) in [4.78, 5) is 24.0. The van der Waals surface area contributed by atoms with Gasteiger partial charge in [-0.25, -0.2) is 18.4 Å². The summed E-state index contributed by atoms with van der Waals surface area (Å²) in [5.41, 5.74) is 0.582. The summed E-state index contributed by atoms with van der Waals surface area (Å²) in [5.74, 6) is -1.97. The molecule has 4 unspecified atom stereocenters. The number of halogens is 2. The fourth-order valence-electron chi connectivity index (χ4n) is 3.77. The fraction of sp³-hybridized carbons (Fsp3) is 0.474. The maximum atomic E-state index is 13.6. The normalized spacial score (nSPS) is 26.4. The molecule has 1 aliphatic carbocycles. The summed E-state index contributed by atoms with van der Waals surface area (Å²) in [6, 6.07) is 3.11. The molecular formula is C19H21F2NO5. The molecule has 1 saturated carbocycles. The fourth-order valence-corrected chi connectivity index (χ4v) is 3.77. The lowest BCUT2D eigenvalue weighted by Crippen LogP contribution is -2.41. The van der Waals surface area contributed by atoms with E-state index in [4.69, 9.17) is 14.2 Å². The average Bonchev–Trinajstić information content (AvgIpc) is 3.03. The topological polar surface area (TPSA) is 73.9 Å². The van der Waals surface area contributed by atoms with Crippen LogP contribution in [0.25, 0.3) is 0 Å². The molecule has 0 saturated heterocycles. The third-order valence-electron chi connectivity index (χ3n) is 5.18. The van der Waals surface area contributed by atoms with E-state index in [9.17, 15) is 18.4 Å². The largest absolute Gasteiger partial charge is 0.466 e. The minimum atomic E-state index is -0.848. The molecule has 1 N–H and O–H groups in total. The molecule has 8 heteroatoms. The monoisotopic (exact) mass is 381 g/mol. The lowest BCUT2D eigenvalue weighted by molar-refractivity contribution is -0.145. The highest BCUT2D eigenvalue weighted by Gasteiger charge is 2.48. The highest BCUT2D eigenvalue weighted by atomic mass is 19.1. The number of hydrogen-bond donors (Lipinski definition) is 1. The van der Waals surface area contributed by atoms with Gasteiger partial charge in [0.05, 0.1) is 18.9 Å². The van der Waals surface area contributed by atoms with Crippen LogP contribution in [-0.2, 0) is 25.5 Å². The van der Waals surface area contributed by atoms with Gasteiger partial charge in [-0.15, -0.1) is 0 Å². The molecule has 1 aromatic rings. The molecule has 0 spiro atoms. The highest BCUT2D eigenvalue weighted by molar-refractivity contribution is 5.89. The standard InChI is InChI=1S/C19H21F2NO5/c1-10-3-6-13-14(17(23)25-2)9-26-18(16(10)13)27-19(24)22-8-11-4-5-12(20)7-15(11)21/h4-5,7,9-10,13,16,18H,3,6,8H2,1-2H3,(H,22,24). The smallest absolute Gasteiger partial charge is 0.410 e. The summed E-state index contributed by atoms with van der Waals surface area (Å²) >= 11 is 0. The van der Waals surface area contributed by atoms with E-state index in [2.05, 4.69) is 5.32 Å². The summed E-state index contributed by atoms with van der Waals surface area (Å²) in [6.45, 7) is 1.86. The summed E-state index contributed by atoms with van der Waals surface area (Å²) in [6.07, 6.45) is 1.31.